The van der Waals surface area contributed by atoms with Gasteiger partial charge < -0.3 is 15.3 Å². The monoisotopic (exact) mass is 332 g/mol. The molecular formula is C10H12N4O7S. The number of fused-ring (bicyclic) bond motifs is 2. The van der Waals surface area contributed by atoms with Gasteiger partial charge in [0, 0.05) is 24.8 Å². The third kappa shape index (κ3) is 3.81. The van der Waals surface area contributed by atoms with Crippen molar-refractivity contribution in [3.05, 3.63) is 24.0 Å². The molecule has 120 valence electrons. The molecule has 2 amide bonds. The topological polar surface area (TPSA) is 162 Å². The molecule has 11 nitrogen and oxygen atoms in total. The lowest BCUT2D eigenvalue weighted by molar-refractivity contribution is 0.192. The van der Waals surface area contributed by atoms with Crippen molar-refractivity contribution >= 4 is 28.1 Å². The maximum atomic E-state index is 11.4. The average Bonchev–Trinajstić information content (AvgIpc) is 2.95. The number of nitrogens with zero attached hydrogens (tertiary/aromatic N) is 3. The van der Waals surface area contributed by atoms with Gasteiger partial charge in [-0.15, -0.1) is 0 Å². The van der Waals surface area contributed by atoms with Crippen molar-refractivity contribution in [3.8, 4) is 0 Å². The van der Waals surface area contributed by atoms with Crippen LogP contribution in [0, 0.1) is 0 Å². The molecule has 1 atom stereocenters. The number of urea groups is 1. The highest BCUT2D eigenvalue weighted by atomic mass is 32.3. The molecule has 2 aliphatic heterocycles. The molecule has 3 rings (SSSR count). The molecule has 2 aliphatic rings. The largest absolute Gasteiger partial charge is 0.463 e. The Morgan fingerprint density at radius 3 is 2.59 bits per heavy atom. The van der Waals surface area contributed by atoms with E-state index in [2.05, 4.69) is 10.4 Å². The molecule has 1 aromatic heterocycles. The summed E-state index contributed by atoms with van der Waals surface area (Å²) in [6, 6.07) is -0.144. The fourth-order valence-electron chi connectivity index (χ4n) is 2.17. The first kappa shape index (κ1) is 15.9. The molecule has 0 spiro atoms. The fraction of sp³-hybridized carbons (Fsp3) is 0.300. The zero-order chi connectivity index (χ0) is 16.5. The molecule has 2 bridgehead atoms. The van der Waals surface area contributed by atoms with Crippen molar-refractivity contribution in [1.29, 1.82) is 0 Å². The number of amides is 2. The summed E-state index contributed by atoms with van der Waals surface area (Å²) >= 11 is 0. The second-order valence-corrected chi connectivity index (χ2v) is 5.37. The summed E-state index contributed by atoms with van der Waals surface area (Å²) in [7, 11) is -4.67. The summed E-state index contributed by atoms with van der Waals surface area (Å²) < 4.78 is 32.4. The van der Waals surface area contributed by atoms with Gasteiger partial charge in [0.2, 0.25) is 0 Å². The minimum atomic E-state index is -4.67. The van der Waals surface area contributed by atoms with E-state index in [0.29, 0.717) is 13.1 Å². The zero-order valence-electron chi connectivity index (χ0n) is 10.9. The van der Waals surface area contributed by atoms with Crippen LogP contribution in [0.3, 0.4) is 0 Å². The van der Waals surface area contributed by atoms with Crippen molar-refractivity contribution in [2.45, 2.75) is 6.04 Å². The van der Waals surface area contributed by atoms with Crippen LogP contribution in [0.2, 0.25) is 0 Å². The minimum Gasteiger partial charge on any atom is -0.463 e. The Morgan fingerprint density at radius 2 is 2.05 bits per heavy atom. The van der Waals surface area contributed by atoms with Gasteiger partial charge in [0.15, 0.2) is 0 Å². The molecule has 1 saturated heterocycles. The predicted octanol–water partition coefficient (Wildman–Crippen LogP) is -0.453. The summed E-state index contributed by atoms with van der Waals surface area (Å²) in [6.45, 7) is 1.18. The van der Waals surface area contributed by atoms with E-state index >= 15 is 0 Å². The molecule has 4 N–H and O–H groups in total. The van der Waals surface area contributed by atoms with Crippen molar-refractivity contribution < 1.29 is 32.2 Å². The summed E-state index contributed by atoms with van der Waals surface area (Å²) in [6.07, 6.45) is 3.76. The van der Waals surface area contributed by atoms with Crippen LogP contribution < -0.4 is 5.32 Å². The van der Waals surface area contributed by atoms with Gasteiger partial charge >= 0.3 is 22.5 Å². The van der Waals surface area contributed by atoms with Gasteiger partial charge in [0.05, 0.1) is 12.2 Å². The van der Waals surface area contributed by atoms with Crippen LogP contribution in [0.5, 0.6) is 0 Å². The van der Waals surface area contributed by atoms with Crippen LogP contribution in [0.15, 0.2) is 18.5 Å². The van der Waals surface area contributed by atoms with Crippen LogP contribution in [-0.2, 0) is 10.4 Å². The van der Waals surface area contributed by atoms with Crippen LogP contribution >= 0.6 is 0 Å². The number of rotatable bonds is 1. The molecule has 0 radical (unpaired) electrons. The lowest BCUT2D eigenvalue weighted by atomic mass is 9.99. The van der Waals surface area contributed by atoms with Crippen LogP contribution in [-0.4, -0.2) is 68.6 Å². The van der Waals surface area contributed by atoms with E-state index in [0.717, 1.165) is 15.8 Å². The Morgan fingerprint density at radius 1 is 1.41 bits per heavy atom. The summed E-state index contributed by atoms with van der Waals surface area (Å²) in [4.78, 5) is 23.8. The van der Waals surface area contributed by atoms with Crippen molar-refractivity contribution in [3.63, 3.8) is 0 Å². The minimum absolute atomic E-state index is 0.0669. The first-order valence-corrected chi connectivity index (χ1v) is 7.28. The number of carbonyl (C=O) groups excluding carboxylic acids is 1. The quantitative estimate of drug-likeness (QED) is 0.502. The van der Waals surface area contributed by atoms with E-state index in [1.807, 2.05) is 6.08 Å². The van der Waals surface area contributed by atoms with E-state index in [1.54, 1.807) is 4.90 Å². The van der Waals surface area contributed by atoms with Gasteiger partial charge in [0.25, 0.3) is 0 Å². The van der Waals surface area contributed by atoms with Gasteiger partial charge in [0.1, 0.15) is 0 Å². The Kier molecular flexibility index (Phi) is 4.16. The highest BCUT2D eigenvalue weighted by Crippen LogP contribution is 2.26. The van der Waals surface area contributed by atoms with E-state index in [4.69, 9.17) is 22.6 Å². The molecule has 3 heterocycles. The second-order valence-electron chi connectivity index (χ2n) is 4.47. The predicted molar refractivity (Wildman–Crippen MR) is 71.7 cm³/mol. The Hall–Kier alpha value is -2.44. The van der Waals surface area contributed by atoms with Gasteiger partial charge in [-0.25, -0.2) is 9.59 Å². The third-order valence-corrected chi connectivity index (χ3v) is 3.01. The maximum Gasteiger partial charge on any atom is 0.432 e. The Bertz CT molecular complexity index is 730. The maximum absolute atomic E-state index is 11.4. The van der Waals surface area contributed by atoms with Crippen molar-refractivity contribution in [1.82, 2.24) is 20.0 Å². The molecule has 1 unspecified atom stereocenters. The summed E-state index contributed by atoms with van der Waals surface area (Å²) in [5.41, 5.74) is 1.67. The van der Waals surface area contributed by atoms with E-state index < -0.39 is 16.5 Å². The first-order valence-electron chi connectivity index (χ1n) is 5.89. The molecule has 22 heavy (non-hydrogen) atoms. The first-order chi connectivity index (χ1) is 10.1. The molecule has 0 saturated carbocycles. The second kappa shape index (κ2) is 5.75. The number of nitrogens with one attached hydrogen (secondary N) is 1. The SMILES string of the molecule is O=C1NC2CN1CC=C2c1cnn(C(=O)O)c1.O=S(=O)(O)O. The molecule has 1 fully saturated rings. The van der Waals surface area contributed by atoms with Crippen LogP contribution in [0.1, 0.15) is 5.56 Å². The standard InChI is InChI=1S/C10H10N4O3.H2O4S/c15-9-12-8-5-13(9)2-1-7(8)6-3-11-14(4-6)10(16)17;1-5(2,3)4/h1,3-4,8H,2,5H2,(H,12,15)(H,16,17);(H2,1,2,3,4). The van der Waals surface area contributed by atoms with E-state index in [9.17, 15) is 9.59 Å². The third-order valence-electron chi connectivity index (χ3n) is 3.01. The summed E-state index contributed by atoms with van der Waals surface area (Å²) in [5, 5.41) is 15.4. The number of hydrogen-bond donors (Lipinski definition) is 4. The molecular weight excluding hydrogens is 320 g/mol. The molecule has 1 aromatic rings. The van der Waals surface area contributed by atoms with Crippen LogP contribution in [0.4, 0.5) is 9.59 Å². The molecule has 0 aromatic carbocycles. The lowest BCUT2D eigenvalue weighted by Gasteiger charge is -2.20. The Balaban J connectivity index is 0.000000309. The number of carboxylic acid groups (broad SMARTS) is 1. The normalized spacial score (nSPS) is 19.9. The number of hydrogen-bond acceptors (Lipinski definition) is 5. The zero-order valence-corrected chi connectivity index (χ0v) is 11.8. The number of carbonyl (C=O) groups is 2. The van der Waals surface area contributed by atoms with Gasteiger partial charge in [-0.3, -0.25) is 9.11 Å². The van der Waals surface area contributed by atoms with Crippen LogP contribution in [0.25, 0.3) is 5.57 Å². The van der Waals surface area contributed by atoms with E-state index in [1.165, 1.54) is 12.4 Å². The Labute approximate surface area is 124 Å². The molecule has 12 heteroatoms. The number of aromatic nitrogens is 2. The highest BCUT2D eigenvalue weighted by molar-refractivity contribution is 7.79. The van der Waals surface area contributed by atoms with Gasteiger partial charge in [-0.05, 0) is 5.57 Å². The smallest absolute Gasteiger partial charge is 0.432 e. The summed E-state index contributed by atoms with van der Waals surface area (Å²) in [5.74, 6) is 0. The van der Waals surface area contributed by atoms with Gasteiger partial charge in [-0.1, -0.05) is 6.08 Å². The average molecular weight is 332 g/mol. The van der Waals surface area contributed by atoms with Crippen molar-refractivity contribution in [2.75, 3.05) is 13.1 Å². The van der Waals surface area contributed by atoms with E-state index in [-0.39, 0.29) is 12.1 Å². The molecule has 0 aliphatic carbocycles. The van der Waals surface area contributed by atoms with Gasteiger partial charge in [-0.2, -0.15) is 18.2 Å². The lowest BCUT2D eigenvalue weighted by Crippen LogP contribution is -2.29. The fourth-order valence-corrected chi connectivity index (χ4v) is 2.17. The highest BCUT2D eigenvalue weighted by Gasteiger charge is 2.34. The van der Waals surface area contributed by atoms with Crippen molar-refractivity contribution in [2.24, 2.45) is 0 Å².